The van der Waals surface area contributed by atoms with Crippen LogP contribution >= 0.6 is 11.3 Å². The first-order valence-corrected chi connectivity index (χ1v) is 22.2. The molecule has 0 aliphatic rings. The van der Waals surface area contributed by atoms with Crippen molar-refractivity contribution in [3.8, 4) is 33.6 Å². The normalized spacial score (nSPS) is 11.8. The summed E-state index contributed by atoms with van der Waals surface area (Å²) in [5, 5.41) is 2.06. The third kappa shape index (κ3) is 6.92. The van der Waals surface area contributed by atoms with Gasteiger partial charge in [-0.1, -0.05) is 47.9 Å². The molecule has 44 heavy (non-hydrogen) atoms. The van der Waals surface area contributed by atoms with Crippen LogP contribution in [-0.4, -0.2) is 23.2 Å². The zero-order valence-corrected chi connectivity index (χ0v) is 29.9. The minimum Gasteiger partial charge on any atom is 0 e. The summed E-state index contributed by atoms with van der Waals surface area (Å²) in [5.41, 5.74) is 5.98. The molecule has 0 spiro atoms. The second kappa shape index (κ2) is 13.7. The van der Waals surface area contributed by atoms with E-state index in [9.17, 15) is 4.39 Å². The van der Waals surface area contributed by atoms with E-state index in [1.54, 1.807) is 12.3 Å². The number of pyridine rings is 2. The molecule has 3 aromatic heterocycles. The molecule has 0 amide bonds. The summed E-state index contributed by atoms with van der Waals surface area (Å²) in [6.07, 6.45) is 3.65. The first-order valence-electron chi connectivity index (χ1n) is 15.2. The molecule has 0 atom stereocenters. The van der Waals surface area contributed by atoms with Crippen LogP contribution in [0.3, 0.4) is 0 Å². The molecule has 6 heteroatoms. The molecule has 0 saturated heterocycles. The average Bonchev–Trinajstić information content (AvgIpc) is 3.43. The Morgan fingerprint density at radius 3 is 2.27 bits per heavy atom. The van der Waals surface area contributed by atoms with Crippen molar-refractivity contribution in [3.63, 3.8) is 0 Å². The summed E-state index contributed by atoms with van der Waals surface area (Å²) in [6, 6.07) is 39.2. The van der Waals surface area contributed by atoms with Gasteiger partial charge in [0.25, 0.3) is 0 Å². The fraction of sp³-hybridized carbons (Fsp3) is 0.105. The van der Waals surface area contributed by atoms with Gasteiger partial charge < -0.3 is 4.98 Å². The van der Waals surface area contributed by atoms with Gasteiger partial charge in [-0.3, -0.25) is 0 Å². The quantitative estimate of drug-likeness (QED) is 0.130. The van der Waals surface area contributed by atoms with E-state index in [0.717, 1.165) is 53.8 Å². The van der Waals surface area contributed by atoms with Gasteiger partial charge in [-0.25, -0.2) is 4.39 Å². The Morgan fingerprint density at radius 2 is 1.57 bits per heavy atom. The minimum atomic E-state index is -1.72. The molecule has 0 saturated carbocycles. The Morgan fingerprint density at radius 1 is 0.773 bits per heavy atom. The number of benzene rings is 4. The van der Waals surface area contributed by atoms with Gasteiger partial charge >= 0.3 is 99.8 Å². The molecule has 0 bridgehead atoms. The fourth-order valence-corrected chi connectivity index (χ4v) is 8.33. The van der Waals surface area contributed by atoms with E-state index in [1.807, 2.05) is 85.1 Å². The van der Waals surface area contributed by atoms with Crippen molar-refractivity contribution in [2.24, 2.45) is 0 Å². The van der Waals surface area contributed by atoms with Gasteiger partial charge in [0, 0.05) is 33.7 Å². The Bertz CT molecular complexity index is 2080. The first kappa shape index (κ1) is 29.2. The molecule has 0 fully saturated rings. The van der Waals surface area contributed by atoms with Crippen LogP contribution in [0.25, 0.3) is 53.8 Å². The van der Waals surface area contributed by atoms with E-state index in [1.165, 1.54) is 21.8 Å². The van der Waals surface area contributed by atoms with E-state index in [0.29, 0.717) is 5.56 Å². The Balaban J connectivity index is 0.000000209. The van der Waals surface area contributed by atoms with Gasteiger partial charge in [0.2, 0.25) is 0 Å². The molecule has 0 N–H and O–H groups in total. The van der Waals surface area contributed by atoms with Crippen molar-refractivity contribution in [1.82, 2.24) is 9.97 Å². The van der Waals surface area contributed by atoms with Crippen molar-refractivity contribution >= 4 is 49.2 Å². The van der Waals surface area contributed by atoms with Crippen molar-refractivity contribution in [3.05, 3.63) is 139 Å². The van der Waals surface area contributed by atoms with Gasteiger partial charge in [-0.05, 0) is 51.5 Å². The average molecular weight is 834 g/mol. The molecule has 221 valence electrons. The number of thiophene rings is 1. The largest absolute Gasteiger partial charge is 0 e. The van der Waals surface area contributed by atoms with Crippen molar-refractivity contribution in [2.75, 3.05) is 0 Å². The van der Waals surface area contributed by atoms with E-state index in [4.69, 9.17) is 2.74 Å². The standard InChI is InChI=1S/C24H15FNS.C14H16GeN.Ir/c1-15-14-26-22(13-21(15)16-6-3-2-4-7-16)20-9-5-8-19-18-11-10-17(25)12-23(18)27-24(19)20;1-15(2,3)13-9-10-14(16-11-13)12-7-5-4-6-8-12;/h2-8,10-14H,1H3;4-7,9-11H,1-3H3;/q2*-1;/i1D2;;. The van der Waals surface area contributed by atoms with Crippen molar-refractivity contribution < 1.29 is 27.2 Å². The number of hydrogen-bond donors (Lipinski definition) is 0. The Labute approximate surface area is 281 Å². The van der Waals surface area contributed by atoms with Crippen LogP contribution in [0.4, 0.5) is 4.39 Å². The second-order valence-electron chi connectivity index (χ2n) is 11.3. The molecule has 7 rings (SSSR count). The maximum atomic E-state index is 13.7. The summed E-state index contributed by atoms with van der Waals surface area (Å²) in [6.45, 7) is -1.13. The second-order valence-corrected chi connectivity index (χ2v) is 23.0. The van der Waals surface area contributed by atoms with Crippen LogP contribution in [0, 0.1) is 24.8 Å². The van der Waals surface area contributed by atoms with Crippen LogP contribution in [0.2, 0.25) is 17.3 Å². The molecule has 7 aromatic rings. The predicted octanol–water partition coefficient (Wildman–Crippen LogP) is 10.1. The fourth-order valence-electron chi connectivity index (χ4n) is 4.93. The molecular weight excluding hydrogens is 800 g/mol. The van der Waals surface area contributed by atoms with Crippen LogP contribution < -0.4 is 4.40 Å². The van der Waals surface area contributed by atoms with Gasteiger partial charge in [0.15, 0.2) is 0 Å². The van der Waals surface area contributed by atoms with Crippen LogP contribution in [0.5, 0.6) is 0 Å². The monoisotopic (exact) mass is 835 g/mol. The summed E-state index contributed by atoms with van der Waals surface area (Å²) in [7, 11) is 0. The minimum absolute atomic E-state index is 0. The van der Waals surface area contributed by atoms with E-state index < -0.39 is 20.1 Å². The topological polar surface area (TPSA) is 25.8 Å². The van der Waals surface area contributed by atoms with Gasteiger partial charge in [-0.15, -0.1) is 23.8 Å². The zero-order chi connectivity index (χ0) is 31.6. The van der Waals surface area contributed by atoms with E-state index in [2.05, 4.69) is 51.5 Å². The zero-order valence-electron chi connectivity index (χ0n) is 26.6. The third-order valence-corrected chi connectivity index (χ3v) is 12.7. The molecule has 1 radical (unpaired) electrons. The Hall–Kier alpha value is -3.48. The number of rotatable bonds is 4. The molecule has 2 nitrogen and oxygen atoms in total. The maximum Gasteiger partial charge on any atom is 0 e. The molecule has 0 aliphatic carbocycles. The summed E-state index contributed by atoms with van der Waals surface area (Å²) < 4.78 is 32.8. The SMILES string of the molecule is [2H]C([2H])c1cnc(-c2[c-]ccc3c2sc2cc(F)ccc23)cc1-c1ccccc1.[CH3][Ge]([CH3])([CH3])[c]1ccc(-c2[c-]cccc2)nc1.[Ir]. The van der Waals surface area contributed by atoms with Crippen molar-refractivity contribution in [1.29, 1.82) is 0 Å². The number of nitrogens with zero attached hydrogens (tertiary/aromatic N) is 2. The molecular formula is C38H31FGeIrN2S-2. The number of halogens is 1. The van der Waals surface area contributed by atoms with Gasteiger partial charge in [0.1, 0.15) is 5.82 Å². The predicted molar refractivity (Wildman–Crippen MR) is 183 cm³/mol. The van der Waals surface area contributed by atoms with Gasteiger partial charge in [-0.2, -0.15) is 11.3 Å². The van der Waals surface area contributed by atoms with Crippen LogP contribution in [-0.2, 0) is 20.1 Å². The number of aromatic nitrogens is 2. The molecule has 4 aromatic carbocycles. The number of aryl methyl sites for hydroxylation is 1. The maximum absolute atomic E-state index is 13.7. The summed E-state index contributed by atoms with van der Waals surface area (Å²) >= 11 is -0.192. The van der Waals surface area contributed by atoms with Crippen LogP contribution in [0.15, 0.2) is 116 Å². The first-order chi connectivity index (χ1) is 21.7. The van der Waals surface area contributed by atoms with Gasteiger partial charge in [0.05, 0.1) is 0 Å². The Kier molecular flexibility index (Phi) is 9.08. The van der Waals surface area contributed by atoms with Crippen LogP contribution in [0.1, 0.15) is 8.30 Å². The summed E-state index contributed by atoms with van der Waals surface area (Å²) in [4.78, 5) is 9.09. The van der Waals surface area contributed by atoms with Crippen molar-refractivity contribution in [2.45, 2.75) is 24.1 Å². The smallest absolute Gasteiger partial charge is 0 e. The van der Waals surface area contributed by atoms with E-state index >= 15 is 0 Å². The summed E-state index contributed by atoms with van der Waals surface area (Å²) in [5.74, 6) is 6.89. The molecule has 0 aliphatic heterocycles. The molecule has 0 unspecified atom stereocenters. The number of hydrogen-bond acceptors (Lipinski definition) is 3. The third-order valence-electron chi connectivity index (χ3n) is 7.29. The molecule has 3 heterocycles. The number of fused-ring (bicyclic) bond motifs is 3. The van der Waals surface area contributed by atoms with E-state index in [-0.39, 0.29) is 25.9 Å².